The maximum absolute atomic E-state index is 12.9. The Morgan fingerprint density at radius 1 is 0.839 bits per heavy atom. The third-order valence-electron chi connectivity index (χ3n) is 6.35. The van der Waals surface area contributed by atoms with Crippen molar-refractivity contribution in [1.29, 1.82) is 0 Å². The molecule has 1 aliphatic carbocycles. The van der Waals surface area contributed by atoms with Crippen molar-refractivity contribution in [3.63, 3.8) is 0 Å². The van der Waals surface area contributed by atoms with Crippen LogP contribution in [0.15, 0.2) is 78.4 Å². The lowest BCUT2D eigenvalue weighted by Gasteiger charge is -2.18. The molecule has 1 heterocycles. The molecule has 0 bridgehead atoms. The second kappa shape index (κ2) is 8.91. The number of carbonyl (C=O) groups is 1. The number of nitrogens with zero attached hydrogens (tertiary/aromatic N) is 1. The number of likely N-dealkylation sites (tertiary alicyclic amines) is 1. The van der Waals surface area contributed by atoms with E-state index >= 15 is 0 Å². The van der Waals surface area contributed by atoms with Crippen molar-refractivity contribution in [2.75, 3.05) is 18.4 Å². The maximum Gasteiger partial charge on any atom is 0.251 e. The molecule has 0 unspecified atom stereocenters. The molecule has 3 aromatic rings. The van der Waals surface area contributed by atoms with E-state index < -0.39 is 0 Å². The maximum atomic E-state index is 12.9. The van der Waals surface area contributed by atoms with Gasteiger partial charge >= 0.3 is 0 Å². The molecule has 31 heavy (non-hydrogen) atoms. The van der Waals surface area contributed by atoms with Crippen LogP contribution < -0.4 is 5.32 Å². The summed E-state index contributed by atoms with van der Waals surface area (Å²) < 4.78 is 0. The highest BCUT2D eigenvalue weighted by Crippen LogP contribution is 2.29. The summed E-state index contributed by atoms with van der Waals surface area (Å²) in [6.07, 6.45) is 6.34. The minimum absolute atomic E-state index is 0.00283. The highest BCUT2D eigenvalue weighted by atomic mass is 16.1. The van der Waals surface area contributed by atoms with E-state index in [-0.39, 0.29) is 5.91 Å². The number of benzene rings is 3. The Bertz CT molecular complexity index is 1090. The van der Waals surface area contributed by atoms with Gasteiger partial charge in [0.05, 0.1) is 0 Å². The monoisotopic (exact) mass is 408 g/mol. The number of anilines is 1. The van der Waals surface area contributed by atoms with Crippen LogP contribution in [0.2, 0.25) is 0 Å². The molecule has 1 aliphatic heterocycles. The first-order valence-corrected chi connectivity index (χ1v) is 11.3. The van der Waals surface area contributed by atoms with Crippen LogP contribution in [0.3, 0.4) is 0 Å². The molecule has 1 fully saturated rings. The predicted octanol–water partition coefficient (Wildman–Crippen LogP) is 5.92. The first-order chi connectivity index (χ1) is 15.2. The second-order valence-corrected chi connectivity index (χ2v) is 8.58. The van der Waals surface area contributed by atoms with E-state index in [1.807, 2.05) is 18.2 Å². The summed E-state index contributed by atoms with van der Waals surface area (Å²) in [7, 11) is 0. The number of hydrogen-bond acceptors (Lipinski definition) is 2. The van der Waals surface area contributed by atoms with E-state index in [9.17, 15) is 4.79 Å². The Hall–Kier alpha value is -3.17. The van der Waals surface area contributed by atoms with Crippen LogP contribution in [-0.4, -0.2) is 23.9 Å². The molecular formula is C28H28N2O. The van der Waals surface area contributed by atoms with Crippen LogP contribution in [0.1, 0.15) is 36.0 Å². The SMILES string of the molecule is O=C(Nc1ccc(CN2CCCC2)cc1)C1=Cc2cc(-c3ccccc3)ccc2CC1. The van der Waals surface area contributed by atoms with Crippen LogP contribution >= 0.6 is 0 Å². The van der Waals surface area contributed by atoms with Gasteiger partial charge in [0.2, 0.25) is 0 Å². The molecule has 3 aromatic carbocycles. The van der Waals surface area contributed by atoms with Crippen LogP contribution in [0.5, 0.6) is 0 Å². The molecule has 3 heteroatoms. The standard InChI is InChI=1S/C28H28N2O/c31-28(29-27-14-8-21(9-15-27)20-30-16-4-5-17-30)25-13-11-23-10-12-24(18-26(23)19-25)22-6-2-1-3-7-22/h1-3,6-10,12,14-15,18-19H,4-5,11,13,16-17,20H2,(H,29,31). The molecule has 0 atom stereocenters. The van der Waals surface area contributed by atoms with Gasteiger partial charge in [-0.15, -0.1) is 0 Å². The lowest BCUT2D eigenvalue weighted by molar-refractivity contribution is -0.112. The number of carbonyl (C=O) groups excluding carboxylic acids is 1. The molecule has 1 saturated heterocycles. The topological polar surface area (TPSA) is 32.3 Å². The molecule has 156 valence electrons. The Kier molecular flexibility index (Phi) is 5.68. The molecule has 0 saturated carbocycles. The molecule has 0 radical (unpaired) electrons. The van der Waals surface area contributed by atoms with Crippen molar-refractivity contribution in [2.24, 2.45) is 0 Å². The summed E-state index contributed by atoms with van der Waals surface area (Å²) >= 11 is 0. The summed E-state index contributed by atoms with van der Waals surface area (Å²) in [5.74, 6) is 0.00283. The van der Waals surface area contributed by atoms with Gasteiger partial charge in [-0.05, 0) is 90.9 Å². The van der Waals surface area contributed by atoms with Gasteiger partial charge in [-0.25, -0.2) is 0 Å². The van der Waals surface area contributed by atoms with E-state index in [1.165, 1.54) is 48.2 Å². The first-order valence-electron chi connectivity index (χ1n) is 11.3. The summed E-state index contributed by atoms with van der Waals surface area (Å²) in [6.45, 7) is 3.39. The number of fused-ring (bicyclic) bond motifs is 1. The van der Waals surface area contributed by atoms with E-state index in [1.54, 1.807) is 0 Å². The summed E-state index contributed by atoms with van der Waals surface area (Å²) in [4.78, 5) is 15.4. The van der Waals surface area contributed by atoms with Crippen molar-refractivity contribution in [2.45, 2.75) is 32.2 Å². The van der Waals surface area contributed by atoms with Crippen molar-refractivity contribution < 1.29 is 4.79 Å². The molecule has 0 spiro atoms. The summed E-state index contributed by atoms with van der Waals surface area (Å²) in [6, 6.07) is 25.3. The fourth-order valence-corrected chi connectivity index (χ4v) is 4.58. The molecule has 3 nitrogen and oxygen atoms in total. The summed E-state index contributed by atoms with van der Waals surface area (Å²) in [5, 5.41) is 3.09. The van der Waals surface area contributed by atoms with Gasteiger partial charge in [0.15, 0.2) is 0 Å². The number of hydrogen-bond donors (Lipinski definition) is 1. The van der Waals surface area contributed by atoms with Crippen LogP contribution in [0.4, 0.5) is 5.69 Å². The van der Waals surface area contributed by atoms with Gasteiger partial charge in [0.1, 0.15) is 0 Å². The van der Waals surface area contributed by atoms with Gasteiger partial charge in [-0.3, -0.25) is 9.69 Å². The highest BCUT2D eigenvalue weighted by molar-refractivity contribution is 6.07. The molecule has 1 N–H and O–H groups in total. The predicted molar refractivity (Wildman–Crippen MR) is 128 cm³/mol. The molecular weight excluding hydrogens is 380 g/mol. The minimum Gasteiger partial charge on any atom is -0.322 e. The fraction of sp³-hybridized carbons (Fsp3) is 0.250. The highest BCUT2D eigenvalue weighted by Gasteiger charge is 2.17. The first kappa shape index (κ1) is 19.8. The number of rotatable bonds is 5. The average Bonchev–Trinajstić information content (AvgIpc) is 3.33. The normalized spacial score (nSPS) is 15.9. The fourth-order valence-electron chi connectivity index (χ4n) is 4.58. The zero-order valence-electron chi connectivity index (χ0n) is 17.8. The number of aryl methyl sites for hydroxylation is 1. The number of amides is 1. The zero-order valence-corrected chi connectivity index (χ0v) is 17.8. The third kappa shape index (κ3) is 4.62. The van der Waals surface area contributed by atoms with Crippen LogP contribution in [0, 0.1) is 0 Å². The second-order valence-electron chi connectivity index (χ2n) is 8.58. The van der Waals surface area contributed by atoms with Gasteiger partial charge in [0.25, 0.3) is 5.91 Å². The molecule has 0 aromatic heterocycles. The summed E-state index contributed by atoms with van der Waals surface area (Å²) in [5.41, 5.74) is 7.86. The third-order valence-corrected chi connectivity index (χ3v) is 6.35. The van der Waals surface area contributed by atoms with Gasteiger partial charge < -0.3 is 5.32 Å². The Balaban J connectivity index is 1.28. The molecule has 1 amide bonds. The Morgan fingerprint density at radius 2 is 1.61 bits per heavy atom. The minimum atomic E-state index is 0.00283. The number of nitrogens with one attached hydrogen (secondary N) is 1. The van der Waals surface area contributed by atoms with E-state index in [0.29, 0.717) is 0 Å². The van der Waals surface area contributed by atoms with Crippen LogP contribution in [-0.2, 0) is 17.8 Å². The van der Waals surface area contributed by atoms with Gasteiger partial charge in [-0.1, -0.05) is 54.6 Å². The van der Waals surface area contributed by atoms with E-state index in [4.69, 9.17) is 0 Å². The largest absolute Gasteiger partial charge is 0.322 e. The Labute approximate surface area is 184 Å². The average molecular weight is 409 g/mol. The van der Waals surface area contributed by atoms with E-state index in [2.05, 4.69) is 70.9 Å². The van der Waals surface area contributed by atoms with Crippen LogP contribution in [0.25, 0.3) is 17.2 Å². The van der Waals surface area contributed by atoms with E-state index in [0.717, 1.165) is 36.2 Å². The van der Waals surface area contributed by atoms with Crippen molar-refractivity contribution in [3.8, 4) is 11.1 Å². The lowest BCUT2D eigenvalue weighted by Crippen LogP contribution is -2.18. The zero-order chi connectivity index (χ0) is 21.0. The van der Waals surface area contributed by atoms with Gasteiger partial charge in [-0.2, -0.15) is 0 Å². The van der Waals surface area contributed by atoms with Gasteiger partial charge in [0, 0.05) is 17.8 Å². The molecule has 2 aliphatic rings. The smallest absolute Gasteiger partial charge is 0.251 e. The quantitative estimate of drug-likeness (QED) is 0.568. The van der Waals surface area contributed by atoms with Crippen molar-refractivity contribution in [1.82, 2.24) is 4.90 Å². The van der Waals surface area contributed by atoms with Crippen molar-refractivity contribution >= 4 is 17.7 Å². The van der Waals surface area contributed by atoms with Crippen molar-refractivity contribution in [3.05, 3.63) is 95.1 Å². The lowest BCUT2D eigenvalue weighted by atomic mass is 9.89. The molecule has 5 rings (SSSR count). The Morgan fingerprint density at radius 3 is 2.39 bits per heavy atom.